The summed E-state index contributed by atoms with van der Waals surface area (Å²) in [5, 5.41) is 0. The van der Waals surface area contributed by atoms with Crippen LogP contribution in [0.4, 0.5) is 19.7 Å². The maximum absolute atomic E-state index is 14.9. The fraction of sp³-hybridized carbons (Fsp3) is 0.500. The van der Waals surface area contributed by atoms with Crippen LogP contribution in [0.2, 0.25) is 0 Å². The van der Waals surface area contributed by atoms with E-state index in [1.807, 2.05) is 65.8 Å². The van der Waals surface area contributed by atoms with Gasteiger partial charge in [-0.3, -0.25) is 4.90 Å². The number of nitrogens with zero attached hydrogens (tertiary/aromatic N) is 2. The molecule has 2 amide bonds. The van der Waals surface area contributed by atoms with E-state index in [1.54, 1.807) is 21.9 Å². The number of ether oxygens (including phenoxy) is 2. The van der Waals surface area contributed by atoms with Crippen LogP contribution in [0.15, 0.2) is 42.5 Å². The Morgan fingerprint density at radius 3 is 2.09 bits per heavy atom. The first kappa shape index (κ1) is 25.0. The molecule has 2 aromatic rings. The summed E-state index contributed by atoms with van der Waals surface area (Å²) in [7, 11) is 0. The average Bonchev–Trinajstić information content (AvgIpc) is 2.89. The number of amides is 2. The number of rotatable bonds is 1. The lowest BCUT2D eigenvalue weighted by Gasteiger charge is -2.30. The summed E-state index contributed by atoms with van der Waals surface area (Å²) in [6, 6.07) is 12.2. The van der Waals surface area contributed by atoms with Crippen LogP contribution in [0, 0.1) is 5.82 Å². The van der Waals surface area contributed by atoms with Crippen molar-refractivity contribution in [3.8, 4) is 11.1 Å². The molecule has 1 fully saturated rings. The molecule has 0 radical (unpaired) electrons. The number of halogens is 1. The third kappa shape index (κ3) is 5.29. The summed E-state index contributed by atoms with van der Waals surface area (Å²) in [6.45, 7) is 12.0. The molecule has 0 N–H and O–H groups in total. The number of carbonyl (C=O) groups is 2. The van der Waals surface area contributed by atoms with Crippen LogP contribution in [0.1, 0.15) is 65.9 Å². The maximum atomic E-state index is 14.9. The summed E-state index contributed by atoms with van der Waals surface area (Å²) in [6.07, 6.45) is 0.405. The Morgan fingerprint density at radius 2 is 1.43 bits per heavy atom. The van der Waals surface area contributed by atoms with Gasteiger partial charge >= 0.3 is 12.2 Å². The van der Waals surface area contributed by atoms with Gasteiger partial charge in [0, 0.05) is 30.6 Å². The van der Waals surface area contributed by atoms with Crippen LogP contribution in [-0.4, -0.2) is 47.4 Å². The van der Waals surface area contributed by atoms with Crippen molar-refractivity contribution >= 4 is 17.9 Å². The summed E-state index contributed by atoms with van der Waals surface area (Å²) in [4.78, 5) is 29.7. The summed E-state index contributed by atoms with van der Waals surface area (Å²) < 4.78 is 26.3. The fourth-order valence-electron chi connectivity index (χ4n) is 5.03. The van der Waals surface area contributed by atoms with Crippen molar-refractivity contribution in [1.29, 1.82) is 0 Å². The molecule has 6 nitrogen and oxygen atoms in total. The van der Waals surface area contributed by atoms with Crippen LogP contribution in [0.25, 0.3) is 11.1 Å². The molecule has 4 rings (SSSR count). The highest BCUT2D eigenvalue weighted by atomic mass is 19.1. The standard InChI is InChI=1S/C28H35FN2O4/c1-27(2,3)34-25(32)30-16-14-20-22(15-17-30)31(26(33)35-28(4,5)6)23-13-9-11-19(24(20)23)18-10-7-8-12-21(18)29/h7-13,20,22H,14-17H2,1-6H3/t20-,22-/m0/s1. The van der Waals surface area contributed by atoms with Crippen molar-refractivity contribution in [3.63, 3.8) is 0 Å². The number of carbonyl (C=O) groups excluding carboxylic acids is 2. The lowest BCUT2D eigenvalue weighted by Crippen LogP contribution is -2.43. The van der Waals surface area contributed by atoms with E-state index < -0.39 is 17.3 Å². The van der Waals surface area contributed by atoms with E-state index >= 15 is 0 Å². The topological polar surface area (TPSA) is 59.1 Å². The van der Waals surface area contributed by atoms with Gasteiger partial charge in [0.2, 0.25) is 0 Å². The van der Waals surface area contributed by atoms with Gasteiger partial charge in [-0.25, -0.2) is 14.0 Å². The van der Waals surface area contributed by atoms with Crippen molar-refractivity contribution in [2.45, 2.75) is 77.5 Å². The minimum Gasteiger partial charge on any atom is -0.444 e. The van der Waals surface area contributed by atoms with Crippen LogP contribution in [0.5, 0.6) is 0 Å². The molecule has 7 heteroatoms. The van der Waals surface area contributed by atoms with Crippen molar-refractivity contribution in [2.24, 2.45) is 0 Å². The number of hydrogen-bond donors (Lipinski definition) is 0. The number of fused-ring (bicyclic) bond motifs is 3. The van der Waals surface area contributed by atoms with Gasteiger partial charge < -0.3 is 14.4 Å². The first-order valence-electron chi connectivity index (χ1n) is 12.2. The zero-order chi connectivity index (χ0) is 25.5. The van der Waals surface area contributed by atoms with Crippen molar-refractivity contribution < 1.29 is 23.5 Å². The molecule has 0 bridgehead atoms. The Bertz CT molecular complexity index is 1120. The zero-order valence-electron chi connectivity index (χ0n) is 21.4. The number of hydrogen-bond acceptors (Lipinski definition) is 4. The van der Waals surface area contributed by atoms with Crippen molar-refractivity contribution in [1.82, 2.24) is 4.90 Å². The monoisotopic (exact) mass is 482 g/mol. The Kier molecular flexibility index (Phi) is 6.56. The summed E-state index contributed by atoms with van der Waals surface area (Å²) in [5.74, 6) is -0.377. The molecule has 2 heterocycles. The molecule has 0 aliphatic carbocycles. The van der Waals surface area contributed by atoms with Crippen molar-refractivity contribution in [3.05, 3.63) is 53.8 Å². The quantitative estimate of drug-likeness (QED) is 0.452. The zero-order valence-corrected chi connectivity index (χ0v) is 21.4. The highest BCUT2D eigenvalue weighted by Crippen LogP contribution is 2.50. The van der Waals surface area contributed by atoms with Gasteiger partial charge in [-0.2, -0.15) is 0 Å². The summed E-state index contributed by atoms with van der Waals surface area (Å²) in [5.41, 5.74) is 1.70. The van der Waals surface area contributed by atoms with E-state index in [4.69, 9.17) is 9.47 Å². The van der Waals surface area contributed by atoms with Gasteiger partial charge in [0.1, 0.15) is 17.0 Å². The summed E-state index contributed by atoms with van der Waals surface area (Å²) >= 11 is 0. The molecule has 1 saturated heterocycles. The Balaban J connectivity index is 1.76. The Morgan fingerprint density at radius 1 is 0.829 bits per heavy atom. The highest BCUT2D eigenvalue weighted by molar-refractivity contribution is 5.95. The molecule has 188 valence electrons. The van der Waals surface area contributed by atoms with Gasteiger partial charge in [0.05, 0.1) is 5.69 Å². The first-order chi connectivity index (χ1) is 16.4. The predicted molar refractivity (Wildman–Crippen MR) is 134 cm³/mol. The molecule has 2 atom stereocenters. The molecule has 0 unspecified atom stereocenters. The molecular weight excluding hydrogens is 447 g/mol. The first-order valence-corrected chi connectivity index (χ1v) is 12.2. The second kappa shape index (κ2) is 9.17. The third-order valence-corrected chi connectivity index (χ3v) is 6.32. The number of anilines is 1. The second-order valence-corrected chi connectivity index (χ2v) is 11.3. The van der Waals surface area contributed by atoms with E-state index in [0.29, 0.717) is 31.5 Å². The SMILES string of the molecule is CC(C)(C)OC(=O)N1CC[C@@H]2c3c(-c4ccccc4F)cccc3N(C(=O)OC(C)(C)C)[C@H]2CC1. The van der Waals surface area contributed by atoms with Crippen molar-refractivity contribution in [2.75, 3.05) is 18.0 Å². The highest BCUT2D eigenvalue weighted by Gasteiger charge is 2.46. The van der Waals surface area contributed by atoms with Gasteiger partial charge in [0.25, 0.3) is 0 Å². The van der Waals surface area contributed by atoms with E-state index in [9.17, 15) is 14.0 Å². The largest absolute Gasteiger partial charge is 0.444 e. The molecule has 35 heavy (non-hydrogen) atoms. The predicted octanol–water partition coefficient (Wildman–Crippen LogP) is 6.73. The van der Waals surface area contributed by atoms with Gasteiger partial charge in [-0.1, -0.05) is 30.3 Å². The molecule has 2 aliphatic heterocycles. The smallest absolute Gasteiger partial charge is 0.415 e. The van der Waals surface area contributed by atoms with Gasteiger partial charge in [-0.05, 0) is 77.6 Å². The molecule has 0 saturated carbocycles. The minimum atomic E-state index is -0.661. The van der Waals surface area contributed by atoms with E-state index in [0.717, 1.165) is 16.8 Å². The molecular formula is C28H35FN2O4. The second-order valence-electron chi connectivity index (χ2n) is 11.3. The van der Waals surface area contributed by atoms with Gasteiger partial charge in [-0.15, -0.1) is 0 Å². The van der Waals surface area contributed by atoms with Gasteiger partial charge in [0.15, 0.2) is 0 Å². The molecule has 2 aliphatic rings. The van der Waals surface area contributed by atoms with E-state index in [1.165, 1.54) is 6.07 Å². The van der Waals surface area contributed by atoms with Crippen LogP contribution >= 0.6 is 0 Å². The maximum Gasteiger partial charge on any atom is 0.415 e. The van der Waals surface area contributed by atoms with Crippen LogP contribution in [0.3, 0.4) is 0 Å². The lowest BCUT2D eigenvalue weighted by molar-refractivity contribution is 0.0256. The lowest BCUT2D eigenvalue weighted by atomic mass is 9.86. The van der Waals surface area contributed by atoms with E-state index in [-0.39, 0.29) is 23.9 Å². The number of likely N-dealkylation sites (tertiary alicyclic amines) is 1. The average molecular weight is 483 g/mol. The van der Waals surface area contributed by atoms with E-state index in [2.05, 4.69) is 0 Å². The third-order valence-electron chi connectivity index (χ3n) is 6.32. The molecule has 2 aromatic carbocycles. The molecule has 0 aromatic heterocycles. The number of benzene rings is 2. The Hall–Kier alpha value is -3.09. The minimum absolute atomic E-state index is 0.0687. The Labute approximate surface area is 207 Å². The van der Waals surface area contributed by atoms with Crippen LogP contribution in [-0.2, 0) is 9.47 Å². The van der Waals surface area contributed by atoms with Crippen LogP contribution < -0.4 is 4.90 Å². The fourth-order valence-corrected chi connectivity index (χ4v) is 5.03. The normalized spacial score (nSPS) is 20.1. The molecule has 0 spiro atoms.